The van der Waals surface area contributed by atoms with Gasteiger partial charge in [0.25, 0.3) is 0 Å². The molecule has 1 atom stereocenters. The molecule has 0 aliphatic carbocycles. The first-order chi connectivity index (χ1) is 8.29. The van der Waals surface area contributed by atoms with Gasteiger partial charge in [-0.3, -0.25) is 9.67 Å². The van der Waals surface area contributed by atoms with Gasteiger partial charge in [0, 0.05) is 25.6 Å². The summed E-state index contributed by atoms with van der Waals surface area (Å²) >= 11 is 0. The highest BCUT2D eigenvalue weighted by molar-refractivity contribution is 5.15. The molecule has 0 radical (unpaired) electrons. The van der Waals surface area contributed by atoms with Gasteiger partial charge in [0.05, 0.1) is 11.7 Å². The zero-order valence-electron chi connectivity index (χ0n) is 10.3. The van der Waals surface area contributed by atoms with E-state index in [1.807, 2.05) is 30.2 Å². The Morgan fingerprint density at radius 1 is 1.41 bits per heavy atom. The van der Waals surface area contributed by atoms with E-state index in [0.29, 0.717) is 0 Å². The van der Waals surface area contributed by atoms with E-state index >= 15 is 0 Å². The van der Waals surface area contributed by atoms with Gasteiger partial charge < -0.3 is 5.32 Å². The number of hydrogen-bond donors (Lipinski definition) is 1. The van der Waals surface area contributed by atoms with E-state index in [1.54, 1.807) is 6.20 Å². The fraction of sp³-hybridized carbons (Fsp3) is 0.385. The Morgan fingerprint density at radius 2 is 2.29 bits per heavy atom. The van der Waals surface area contributed by atoms with Gasteiger partial charge in [-0.2, -0.15) is 5.10 Å². The number of aryl methyl sites for hydroxylation is 1. The van der Waals surface area contributed by atoms with Crippen LogP contribution in [0.4, 0.5) is 0 Å². The predicted octanol–water partition coefficient (Wildman–Crippen LogP) is 1.71. The highest BCUT2D eigenvalue weighted by atomic mass is 15.3. The molecule has 0 fully saturated rings. The summed E-state index contributed by atoms with van der Waals surface area (Å²) in [5, 5.41) is 7.92. The number of nitrogens with zero attached hydrogens (tertiary/aromatic N) is 3. The molecule has 17 heavy (non-hydrogen) atoms. The molecule has 4 heteroatoms. The third-order valence-corrected chi connectivity index (χ3v) is 2.70. The molecular formula is C13H18N4. The summed E-state index contributed by atoms with van der Waals surface area (Å²) in [6.45, 7) is 3.04. The number of nitrogens with one attached hydrogen (secondary N) is 1. The maximum atomic E-state index is 4.46. The third kappa shape index (κ3) is 3.14. The molecule has 2 heterocycles. The molecule has 2 rings (SSSR count). The first kappa shape index (κ1) is 11.8. The lowest BCUT2D eigenvalue weighted by molar-refractivity contribution is 0.527. The summed E-state index contributed by atoms with van der Waals surface area (Å²) in [5.74, 6) is 0. The third-order valence-electron chi connectivity index (χ3n) is 2.70. The molecule has 1 N–H and O–H groups in total. The van der Waals surface area contributed by atoms with Gasteiger partial charge in [-0.15, -0.1) is 0 Å². The molecule has 1 unspecified atom stereocenters. The number of pyridine rings is 1. The Hall–Kier alpha value is -1.68. The van der Waals surface area contributed by atoms with Crippen molar-refractivity contribution in [2.75, 3.05) is 6.54 Å². The lowest BCUT2D eigenvalue weighted by atomic mass is 10.1. The second-order valence-corrected chi connectivity index (χ2v) is 4.09. The summed E-state index contributed by atoms with van der Waals surface area (Å²) in [5.41, 5.74) is 2.31. The summed E-state index contributed by atoms with van der Waals surface area (Å²) in [6.07, 6.45) is 6.60. The molecular weight excluding hydrogens is 212 g/mol. The Balaban J connectivity index is 2.13. The van der Waals surface area contributed by atoms with E-state index in [-0.39, 0.29) is 6.04 Å². The normalized spacial score (nSPS) is 12.6. The fourth-order valence-corrected chi connectivity index (χ4v) is 1.90. The first-order valence-corrected chi connectivity index (χ1v) is 5.91. The average molecular weight is 230 g/mol. The van der Waals surface area contributed by atoms with Crippen LogP contribution in [0.25, 0.3) is 0 Å². The quantitative estimate of drug-likeness (QED) is 0.850. The summed E-state index contributed by atoms with van der Waals surface area (Å²) in [4.78, 5) is 4.14. The standard InChI is InChI=1S/C13H18N4/c1-3-15-13(12-6-8-17(2)16-12)9-11-5-4-7-14-10-11/h4-8,10,13,15H,3,9H2,1-2H3. The lowest BCUT2D eigenvalue weighted by Gasteiger charge is -2.15. The van der Waals surface area contributed by atoms with Crippen molar-refractivity contribution in [1.29, 1.82) is 0 Å². The van der Waals surface area contributed by atoms with Crippen LogP contribution in [0.5, 0.6) is 0 Å². The van der Waals surface area contributed by atoms with E-state index in [9.17, 15) is 0 Å². The summed E-state index contributed by atoms with van der Waals surface area (Å²) < 4.78 is 1.84. The molecule has 0 saturated carbocycles. The molecule has 0 amide bonds. The Bertz CT molecular complexity index is 449. The Kier molecular flexibility index (Phi) is 3.88. The largest absolute Gasteiger partial charge is 0.309 e. The minimum absolute atomic E-state index is 0.255. The van der Waals surface area contributed by atoms with Crippen molar-refractivity contribution in [3.05, 3.63) is 48.0 Å². The van der Waals surface area contributed by atoms with Crippen LogP contribution in [0.2, 0.25) is 0 Å². The van der Waals surface area contributed by atoms with Crippen molar-refractivity contribution >= 4 is 0 Å². The topological polar surface area (TPSA) is 42.7 Å². The molecule has 90 valence electrons. The van der Waals surface area contributed by atoms with Crippen molar-refractivity contribution in [3.63, 3.8) is 0 Å². The van der Waals surface area contributed by atoms with Gasteiger partial charge >= 0.3 is 0 Å². The van der Waals surface area contributed by atoms with Crippen molar-refractivity contribution in [2.24, 2.45) is 7.05 Å². The second kappa shape index (κ2) is 5.59. The smallest absolute Gasteiger partial charge is 0.0797 e. The number of rotatable bonds is 5. The van der Waals surface area contributed by atoms with E-state index < -0.39 is 0 Å². The predicted molar refractivity (Wildman–Crippen MR) is 67.6 cm³/mol. The van der Waals surface area contributed by atoms with Crippen LogP contribution >= 0.6 is 0 Å². The zero-order valence-corrected chi connectivity index (χ0v) is 10.3. The van der Waals surface area contributed by atoms with Crippen LogP contribution in [0, 0.1) is 0 Å². The van der Waals surface area contributed by atoms with Crippen LogP contribution in [0.1, 0.15) is 24.2 Å². The number of hydrogen-bond acceptors (Lipinski definition) is 3. The molecule has 0 saturated heterocycles. The lowest BCUT2D eigenvalue weighted by Crippen LogP contribution is -2.23. The molecule has 0 aliphatic rings. The van der Waals surface area contributed by atoms with Gasteiger partial charge in [0.2, 0.25) is 0 Å². The van der Waals surface area contributed by atoms with Gasteiger partial charge in [0.1, 0.15) is 0 Å². The first-order valence-electron chi connectivity index (χ1n) is 5.91. The van der Waals surface area contributed by atoms with E-state index in [2.05, 4.69) is 34.5 Å². The van der Waals surface area contributed by atoms with Crippen molar-refractivity contribution < 1.29 is 0 Å². The van der Waals surface area contributed by atoms with Crippen LogP contribution in [-0.4, -0.2) is 21.3 Å². The molecule has 2 aromatic rings. The average Bonchev–Trinajstić information content (AvgIpc) is 2.77. The molecule has 0 bridgehead atoms. The summed E-state index contributed by atoms with van der Waals surface area (Å²) in [7, 11) is 1.94. The van der Waals surface area contributed by atoms with E-state index in [4.69, 9.17) is 0 Å². The molecule has 2 aromatic heterocycles. The number of likely N-dealkylation sites (N-methyl/N-ethyl adjacent to an activating group) is 1. The molecule has 0 aromatic carbocycles. The molecule has 0 aliphatic heterocycles. The molecule has 4 nitrogen and oxygen atoms in total. The van der Waals surface area contributed by atoms with Gasteiger partial charge in [-0.1, -0.05) is 13.0 Å². The fourth-order valence-electron chi connectivity index (χ4n) is 1.90. The highest BCUT2D eigenvalue weighted by Gasteiger charge is 2.13. The highest BCUT2D eigenvalue weighted by Crippen LogP contribution is 2.15. The van der Waals surface area contributed by atoms with Crippen LogP contribution in [0.15, 0.2) is 36.8 Å². The van der Waals surface area contributed by atoms with Crippen molar-refractivity contribution in [2.45, 2.75) is 19.4 Å². The van der Waals surface area contributed by atoms with Crippen molar-refractivity contribution in [3.8, 4) is 0 Å². The van der Waals surface area contributed by atoms with Crippen molar-refractivity contribution in [1.82, 2.24) is 20.1 Å². The zero-order chi connectivity index (χ0) is 12.1. The van der Waals surface area contributed by atoms with Gasteiger partial charge in [-0.05, 0) is 30.7 Å². The Labute approximate surface area is 102 Å². The SMILES string of the molecule is CCNC(Cc1cccnc1)c1ccn(C)n1. The number of aromatic nitrogens is 3. The monoisotopic (exact) mass is 230 g/mol. The Morgan fingerprint density at radius 3 is 2.88 bits per heavy atom. The maximum absolute atomic E-state index is 4.46. The minimum atomic E-state index is 0.255. The van der Waals surface area contributed by atoms with E-state index in [1.165, 1.54) is 5.56 Å². The minimum Gasteiger partial charge on any atom is -0.309 e. The van der Waals surface area contributed by atoms with E-state index in [0.717, 1.165) is 18.7 Å². The van der Waals surface area contributed by atoms with Gasteiger partial charge in [0.15, 0.2) is 0 Å². The summed E-state index contributed by atoms with van der Waals surface area (Å²) in [6, 6.07) is 6.38. The van der Waals surface area contributed by atoms with Crippen LogP contribution in [0.3, 0.4) is 0 Å². The van der Waals surface area contributed by atoms with Crippen LogP contribution in [-0.2, 0) is 13.5 Å². The van der Waals surface area contributed by atoms with Gasteiger partial charge in [-0.25, -0.2) is 0 Å². The van der Waals surface area contributed by atoms with Crippen LogP contribution < -0.4 is 5.32 Å². The maximum Gasteiger partial charge on any atom is 0.0797 e. The second-order valence-electron chi connectivity index (χ2n) is 4.09. The molecule has 0 spiro atoms.